The van der Waals surface area contributed by atoms with Crippen molar-refractivity contribution in [3.8, 4) is 0 Å². The molecule has 1 fully saturated rings. The maximum Gasteiger partial charge on any atom is 0.248 e. The molecule has 0 aliphatic carbocycles. The van der Waals surface area contributed by atoms with Gasteiger partial charge in [-0.15, -0.1) is 0 Å². The molecular weight excluding hydrogens is 330 g/mol. The van der Waals surface area contributed by atoms with E-state index in [1.54, 1.807) is 4.90 Å². The van der Waals surface area contributed by atoms with Gasteiger partial charge < -0.3 is 15.0 Å². The predicted molar refractivity (Wildman–Crippen MR) is 92.8 cm³/mol. The molecule has 1 aromatic carbocycles. The van der Waals surface area contributed by atoms with E-state index in [1.165, 1.54) is 7.11 Å². The molecule has 1 aliphatic rings. The third-order valence-electron chi connectivity index (χ3n) is 4.24. The number of halogens is 1. The largest absolute Gasteiger partial charge is 0.375 e. The number of methoxy groups -OCH3 is 1. The second kappa shape index (κ2) is 9.01. The van der Waals surface area contributed by atoms with E-state index in [0.29, 0.717) is 37.7 Å². The predicted octanol–water partition coefficient (Wildman–Crippen LogP) is 1.14. The van der Waals surface area contributed by atoms with Crippen LogP contribution in [0.1, 0.15) is 12.5 Å². The second-order valence-corrected chi connectivity index (χ2v) is 6.31. The van der Waals surface area contributed by atoms with Crippen LogP contribution in [0.2, 0.25) is 5.02 Å². The number of hydrogen-bond acceptors (Lipinski definition) is 4. The Morgan fingerprint density at radius 3 is 2.42 bits per heavy atom. The Bertz CT molecular complexity index is 557. The fraction of sp³-hybridized carbons (Fsp3) is 0.529. The Morgan fingerprint density at radius 1 is 1.21 bits per heavy atom. The number of ether oxygens (including phenoxy) is 1. The van der Waals surface area contributed by atoms with Gasteiger partial charge in [0.2, 0.25) is 11.8 Å². The molecule has 2 amide bonds. The van der Waals surface area contributed by atoms with Gasteiger partial charge in [0.1, 0.15) is 6.61 Å². The first-order chi connectivity index (χ1) is 11.5. The molecule has 0 spiro atoms. The molecule has 24 heavy (non-hydrogen) atoms. The lowest BCUT2D eigenvalue weighted by Gasteiger charge is -2.37. The number of carbonyl (C=O) groups excluding carboxylic acids is 2. The standard InChI is InChI=1S/C17H24ClN3O3/c1-13(17(23)19-11-14-3-5-15(18)6-4-14)20-7-9-21(10-8-20)16(22)12-24-2/h3-6,13H,7-12H2,1-2H3,(H,19,23). The van der Waals surface area contributed by atoms with Gasteiger partial charge in [-0.05, 0) is 24.6 Å². The summed E-state index contributed by atoms with van der Waals surface area (Å²) in [5.74, 6) is -0.0152. The van der Waals surface area contributed by atoms with Crippen molar-refractivity contribution in [2.24, 2.45) is 0 Å². The first kappa shape index (κ1) is 18.7. The van der Waals surface area contributed by atoms with Crippen molar-refractivity contribution in [3.63, 3.8) is 0 Å². The van der Waals surface area contributed by atoms with Crippen LogP contribution in [0.5, 0.6) is 0 Å². The van der Waals surface area contributed by atoms with E-state index in [4.69, 9.17) is 16.3 Å². The molecule has 1 saturated heterocycles. The molecule has 1 N–H and O–H groups in total. The van der Waals surface area contributed by atoms with Crippen LogP contribution in [0.4, 0.5) is 0 Å². The summed E-state index contributed by atoms with van der Waals surface area (Å²) in [6.07, 6.45) is 0. The third kappa shape index (κ3) is 5.19. The van der Waals surface area contributed by atoms with Gasteiger partial charge in [0.15, 0.2) is 0 Å². The number of nitrogens with one attached hydrogen (secondary N) is 1. The zero-order valence-corrected chi connectivity index (χ0v) is 14.9. The lowest BCUT2D eigenvalue weighted by atomic mass is 10.2. The minimum Gasteiger partial charge on any atom is -0.375 e. The molecule has 7 heteroatoms. The summed E-state index contributed by atoms with van der Waals surface area (Å²) in [4.78, 5) is 28.0. The van der Waals surface area contributed by atoms with Gasteiger partial charge >= 0.3 is 0 Å². The van der Waals surface area contributed by atoms with Crippen molar-refractivity contribution in [3.05, 3.63) is 34.9 Å². The summed E-state index contributed by atoms with van der Waals surface area (Å²) in [6.45, 7) is 5.09. The van der Waals surface area contributed by atoms with Gasteiger partial charge in [-0.2, -0.15) is 0 Å². The zero-order valence-electron chi connectivity index (χ0n) is 14.1. The van der Waals surface area contributed by atoms with E-state index in [9.17, 15) is 9.59 Å². The quantitative estimate of drug-likeness (QED) is 0.833. The van der Waals surface area contributed by atoms with Crippen molar-refractivity contribution < 1.29 is 14.3 Å². The molecule has 1 atom stereocenters. The van der Waals surface area contributed by atoms with Gasteiger partial charge in [0.05, 0.1) is 6.04 Å². The van der Waals surface area contributed by atoms with Crippen LogP contribution in [-0.4, -0.2) is 67.6 Å². The molecule has 6 nitrogen and oxygen atoms in total. The van der Waals surface area contributed by atoms with E-state index in [2.05, 4.69) is 10.2 Å². The molecule has 0 aromatic heterocycles. The summed E-state index contributed by atoms with van der Waals surface area (Å²) in [7, 11) is 1.52. The summed E-state index contributed by atoms with van der Waals surface area (Å²) >= 11 is 5.85. The number of benzene rings is 1. The summed E-state index contributed by atoms with van der Waals surface area (Å²) in [5, 5.41) is 3.63. The van der Waals surface area contributed by atoms with Crippen LogP contribution in [0.3, 0.4) is 0 Å². The minimum atomic E-state index is -0.225. The van der Waals surface area contributed by atoms with Crippen LogP contribution in [0, 0.1) is 0 Å². The molecule has 1 unspecified atom stereocenters. The normalized spacial score (nSPS) is 16.7. The number of rotatable bonds is 6. The average Bonchev–Trinajstić information content (AvgIpc) is 2.60. The van der Waals surface area contributed by atoms with Crippen LogP contribution in [0.15, 0.2) is 24.3 Å². The fourth-order valence-electron chi connectivity index (χ4n) is 2.68. The lowest BCUT2D eigenvalue weighted by molar-refractivity contribution is -0.137. The fourth-order valence-corrected chi connectivity index (χ4v) is 2.80. The van der Waals surface area contributed by atoms with Gasteiger partial charge in [0.25, 0.3) is 0 Å². The SMILES string of the molecule is COCC(=O)N1CCN(C(C)C(=O)NCc2ccc(Cl)cc2)CC1. The Labute approximate surface area is 147 Å². The van der Waals surface area contributed by atoms with E-state index < -0.39 is 0 Å². The monoisotopic (exact) mass is 353 g/mol. The zero-order chi connectivity index (χ0) is 17.5. The van der Waals surface area contributed by atoms with Crippen molar-refractivity contribution in [1.82, 2.24) is 15.1 Å². The molecule has 2 rings (SSSR count). The van der Waals surface area contributed by atoms with Gasteiger partial charge in [-0.25, -0.2) is 0 Å². The maximum absolute atomic E-state index is 12.3. The Hall–Kier alpha value is -1.63. The summed E-state index contributed by atoms with van der Waals surface area (Å²) < 4.78 is 4.87. The summed E-state index contributed by atoms with van der Waals surface area (Å²) in [5.41, 5.74) is 1.01. The number of nitrogens with zero attached hydrogens (tertiary/aromatic N) is 2. The van der Waals surface area contributed by atoms with Gasteiger partial charge in [-0.1, -0.05) is 23.7 Å². The molecular formula is C17H24ClN3O3. The molecule has 1 heterocycles. The Kier molecular flexibility index (Phi) is 7.02. The highest BCUT2D eigenvalue weighted by atomic mass is 35.5. The summed E-state index contributed by atoms with van der Waals surface area (Å²) in [6, 6.07) is 7.18. The first-order valence-corrected chi connectivity index (χ1v) is 8.42. The highest BCUT2D eigenvalue weighted by Gasteiger charge is 2.27. The van der Waals surface area contributed by atoms with Crippen molar-refractivity contribution >= 4 is 23.4 Å². The molecule has 0 saturated carbocycles. The lowest BCUT2D eigenvalue weighted by Crippen LogP contribution is -2.55. The molecule has 132 valence electrons. The highest BCUT2D eigenvalue weighted by Crippen LogP contribution is 2.10. The first-order valence-electron chi connectivity index (χ1n) is 8.04. The van der Waals surface area contributed by atoms with E-state index >= 15 is 0 Å². The third-order valence-corrected chi connectivity index (χ3v) is 4.49. The second-order valence-electron chi connectivity index (χ2n) is 5.87. The van der Waals surface area contributed by atoms with Crippen LogP contribution >= 0.6 is 11.6 Å². The molecule has 1 aromatic rings. The number of carbonyl (C=O) groups is 2. The van der Waals surface area contributed by atoms with E-state index in [-0.39, 0.29) is 24.5 Å². The minimum absolute atomic E-state index is 0.00278. The smallest absolute Gasteiger partial charge is 0.248 e. The van der Waals surface area contributed by atoms with Gasteiger partial charge in [0, 0.05) is 44.9 Å². The van der Waals surface area contributed by atoms with Crippen LogP contribution < -0.4 is 5.32 Å². The van der Waals surface area contributed by atoms with Crippen molar-refractivity contribution in [2.75, 3.05) is 39.9 Å². The van der Waals surface area contributed by atoms with Crippen LogP contribution in [0.25, 0.3) is 0 Å². The Morgan fingerprint density at radius 2 is 1.83 bits per heavy atom. The Balaban J connectivity index is 1.77. The molecule has 0 bridgehead atoms. The van der Waals surface area contributed by atoms with E-state index in [1.807, 2.05) is 31.2 Å². The number of piperazine rings is 1. The maximum atomic E-state index is 12.3. The molecule has 0 radical (unpaired) electrons. The topological polar surface area (TPSA) is 61.9 Å². The average molecular weight is 354 g/mol. The van der Waals surface area contributed by atoms with Gasteiger partial charge in [-0.3, -0.25) is 14.5 Å². The van der Waals surface area contributed by atoms with Crippen LogP contribution in [-0.2, 0) is 20.9 Å². The van der Waals surface area contributed by atoms with Crippen molar-refractivity contribution in [1.29, 1.82) is 0 Å². The number of amides is 2. The van der Waals surface area contributed by atoms with Crippen molar-refractivity contribution in [2.45, 2.75) is 19.5 Å². The highest BCUT2D eigenvalue weighted by molar-refractivity contribution is 6.30. The van der Waals surface area contributed by atoms with E-state index in [0.717, 1.165) is 5.56 Å². The molecule has 1 aliphatic heterocycles. The number of hydrogen-bond donors (Lipinski definition) is 1.